The normalized spacial score (nSPS) is 15.1. The van der Waals surface area contributed by atoms with Crippen LogP contribution in [0.5, 0.6) is 0 Å². The van der Waals surface area contributed by atoms with Crippen LogP contribution in [0.1, 0.15) is 12.5 Å². The molecule has 1 aliphatic heterocycles. The van der Waals surface area contributed by atoms with Crippen molar-refractivity contribution in [1.82, 2.24) is 0 Å². The lowest BCUT2D eigenvalue weighted by atomic mass is 10.1. The highest BCUT2D eigenvalue weighted by Gasteiger charge is 2.37. The van der Waals surface area contributed by atoms with Crippen molar-refractivity contribution in [2.75, 3.05) is 11.9 Å². The van der Waals surface area contributed by atoms with Crippen molar-refractivity contribution < 1.29 is 27.8 Å². The predicted molar refractivity (Wildman–Crippen MR) is 94.2 cm³/mol. The van der Waals surface area contributed by atoms with Crippen LogP contribution in [-0.4, -0.2) is 18.4 Å². The van der Waals surface area contributed by atoms with Crippen molar-refractivity contribution in [1.29, 1.82) is 0 Å². The average molecular weight is 371 g/mol. The standard InChI is InChI=1S/C20H15F2NO4/c1-2-26-20(25)17-18(24)16(11-12-10-13(21)8-9-15(12)22)27-19(17)23-14-6-4-3-5-7-14/h3-11,23H,2H2,1H3/b16-11-. The lowest BCUT2D eigenvalue weighted by Gasteiger charge is -2.08. The van der Waals surface area contributed by atoms with Crippen LogP contribution >= 0.6 is 0 Å². The summed E-state index contributed by atoms with van der Waals surface area (Å²) in [5.74, 6) is -3.51. The van der Waals surface area contributed by atoms with E-state index in [0.29, 0.717) is 5.69 Å². The van der Waals surface area contributed by atoms with Gasteiger partial charge in [0.2, 0.25) is 11.7 Å². The molecule has 0 saturated heterocycles. The third kappa shape index (κ3) is 4.03. The number of hydrogen-bond donors (Lipinski definition) is 1. The van der Waals surface area contributed by atoms with Gasteiger partial charge in [0.25, 0.3) is 0 Å². The maximum Gasteiger partial charge on any atom is 0.347 e. The summed E-state index contributed by atoms with van der Waals surface area (Å²) in [5, 5.41) is 2.83. The van der Waals surface area contributed by atoms with Crippen molar-refractivity contribution in [3.8, 4) is 0 Å². The molecule has 0 aromatic heterocycles. The summed E-state index contributed by atoms with van der Waals surface area (Å²) in [4.78, 5) is 24.8. The maximum absolute atomic E-state index is 13.9. The van der Waals surface area contributed by atoms with Gasteiger partial charge in [0.15, 0.2) is 11.3 Å². The third-order valence-electron chi connectivity index (χ3n) is 3.65. The SMILES string of the molecule is CCOC(=O)C1=C(Nc2ccccc2)O/C(=C\c2cc(F)ccc2F)C1=O. The van der Waals surface area contributed by atoms with E-state index in [1.54, 1.807) is 37.3 Å². The minimum Gasteiger partial charge on any atom is -0.462 e. The van der Waals surface area contributed by atoms with Crippen molar-refractivity contribution in [2.45, 2.75) is 6.92 Å². The molecule has 2 aromatic carbocycles. The predicted octanol–water partition coefficient (Wildman–Crippen LogP) is 3.79. The Morgan fingerprint density at radius 3 is 2.63 bits per heavy atom. The van der Waals surface area contributed by atoms with Crippen molar-refractivity contribution in [3.05, 3.63) is 82.9 Å². The summed E-state index contributed by atoms with van der Waals surface area (Å²) in [5.41, 5.74) is 0.0477. The second-order valence-electron chi connectivity index (χ2n) is 5.52. The summed E-state index contributed by atoms with van der Waals surface area (Å²) in [7, 11) is 0. The highest BCUT2D eigenvalue weighted by molar-refractivity contribution is 6.26. The summed E-state index contributed by atoms with van der Waals surface area (Å²) in [6.07, 6.45) is 1.04. The fourth-order valence-corrected chi connectivity index (χ4v) is 2.42. The van der Waals surface area contributed by atoms with Crippen molar-refractivity contribution in [2.24, 2.45) is 0 Å². The first-order chi connectivity index (χ1) is 13.0. The van der Waals surface area contributed by atoms with Gasteiger partial charge in [0, 0.05) is 11.3 Å². The summed E-state index contributed by atoms with van der Waals surface area (Å²) < 4.78 is 37.6. The number of allylic oxidation sites excluding steroid dienone is 1. The number of para-hydroxylation sites is 1. The van der Waals surface area contributed by atoms with Gasteiger partial charge in [-0.1, -0.05) is 18.2 Å². The first-order valence-corrected chi connectivity index (χ1v) is 8.12. The molecule has 0 amide bonds. The van der Waals surface area contributed by atoms with Gasteiger partial charge in [0.05, 0.1) is 6.61 Å². The molecule has 138 valence electrons. The van der Waals surface area contributed by atoms with Gasteiger partial charge in [-0.05, 0) is 43.3 Å². The fourth-order valence-electron chi connectivity index (χ4n) is 2.42. The van der Waals surface area contributed by atoms with Crippen LogP contribution in [0.15, 0.2) is 65.7 Å². The number of rotatable bonds is 5. The van der Waals surface area contributed by atoms with Crippen molar-refractivity contribution >= 4 is 23.5 Å². The molecule has 27 heavy (non-hydrogen) atoms. The molecular formula is C20H15F2NO4. The Morgan fingerprint density at radius 2 is 1.93 bits per heavy atom. The number of carbonyl (C=O) groups excluding carboxylic acids is 2. The van der Waals surface area contributed by atoms with E-state index in [1.807, 2.05) is 0 Å². The Bertz CT molecular complexity index is 952. The second-order valence-corrected chi connectivity index (χ2v) is 5.52. The largest absolute Gasteiger partial charge is 0.462 e. The second kappa shape index (κ2) is 7.82. The molecule has 0 bridgehead atoms. The number of hydrogen-bond acceptors (Lipinski definition) is 5. The molecule has 0 saturated carbocycles. The lowest BCUT2D eigenvalue weighted by Crippen LogP contribution is -2.16. The van der Waals surface area contributed by atoms with E-state index >= 15 is 0 Å². The van der Waals surface area contributed by atoms with Crippen LogP contribution < -0.4 is 5.32 Å². The first kappa shape index (κ1) is 18.3. The molecule has 0 atom stereocenters. The molecule has 2 aromatic rings. The third-order valence-corrected chi connectivity index (χ3v) is 3.65. The smallest absolute Gasteiger partial charge is 0.347 e. The van der Waals surface area contributed by atoms with Gasteiger partial charge in [-0.2, -0.15) is 0 Å². The summed E-state index contributed by atoms with van der Waals surface area (Å²) >= 11 is 0. The van der Waals surface area contributed by atoms with E-state index in [1.165, 1.54) is 0 Å². The highest BCUT2D eigenvalue weighted by Crippen LogP contribution is 2.29. The summed E-state index contributed by atoms with van der Waals surface area (Å²) in [6.45, 7) is 1.66. The number of esters is 1. The Labute approximate surface area is 153 Å². The lowest BCUT2D eigenvalue weighted by molar-refractivity contribution is -0.139. The molecule has 0 spiro atoms. The molecule has 5 nitrogen and oxygen atoms in total. The van der Waals surface area contributed by atoms with E-state index in [2.05, 4.69) is 5.32 Å². The van der Waals surface area contributed by atoms with Crippen LogP contribution in [0.3, 0.4) is 0 Å². The molecule has 1 N–H and O–H groups in total. The quantitative estimate of drug-likeness (QED) is 0.492. The molecule has 1 heterocycles. The molecule has 1 aliphatic rings. The van der Waals surface area contributed by atoms with Gasteiger partial charge in [0.1, 0.15) is 11.6 Å². The van der Waals surface area contributed by atoms with Gasteiger partial charge < -0.3 is 14.8 Å². The highest BCUT2D eigenvalue weighted by atomic mass is 19.1. The first-order valence-electron chi connectivity index (χ1n) is 8.12. The topological polar surface area (TPSA) is 64.6 Å². The number of carbonyl (C=O) groups is 2. The number of benzene rings is 2. The van der Waals surface area contributed by atoms with E-state index in [9.17, 15) is 18.4 Å². The number of Topliss-reactive ketones (excluding diaryl/α,β-unsaturated/α-hetero) is 1. The zero-order valence-electron chi connectivity index (χ0n) is 14.3. The number of nitrogens with one attached hydrogen (secondary N) is 1. The molecule has 0 radical (unpaired) electrons. The van der Waals surface area contributed by atoms with E-state index in [4.69, 9.17) is 9.47 Å². The van der Waals surface area contributed by atoms with Crippen LogP contribution in [0.4, 0.5) is 14.5 Å². The molecule has 0 unspecified atom stereocenters. The Balaban J connectivity index is 1.97. The van der Waals surface area contributed by atoms with Crippen LogP contribution in [0.2, 0.25) is 0 Å². The monoisotopic (exact) mass is 371 g/mol. The Kier molecular flexibility index (Phi) is 5.30. The maximum atomic E-state index is 13.9. The minimum absolute atomic E-state index is 0.0613. The molecule has 0 aliphatic carbocycles. The number of ether oxygens (including phenoxy) is 2. The van der Waals surface area contributed by atoms with E-state index in [0.717, 1.165) is 24.3 Å². The number of anilines is 1. The van der Waals surface area contributed by atoms with Crippen LogP contribution in [-0.2, 0) is 19.1 Å². The minimum atomic E-state index is -0.871. The van der Waals surface area contributed by atoms with Crippen LogP contribution in [0.25, 0.3) is 6.08 Å². The van der Waals surface area contributed by atoms with E-state index < -0.39 is 23.4 Å². The Morgan fingerprint density at radius 1 is 1.19 bits per heavy atom. The van der Waals surface area contributed by atoms with Gasteiger partial charge in [-0.3, -0.25) is 4.79 Å². The van der Waals surface area contributed by atoms with Gasteiger partial charge >= 0.3 is 5.97 Å². The van der Waals surface area contributed by atoms with Crippen LogP contribution in [0, 0.1) is 11.6 Å². The fraction of sp³-hybridized carbons (Fsp3) is 0.100. The molecular weight excluding hydrogens is 356 g/mol. The zero-order chi connectivity index (χ0) is 19.4. The van der Waals surface area contributed by atoms with E-state index in [-0.39, 0.29) is 29.4 Å². The number of ketones is 1. The zero-order valence-corrected chi connectivity index (χ0v) is 14.3. The molecule has 3 rings (SSSR count). The Hall–Kier alpha value is -3.48. The summed E-state index contributed by atoms with van der Waals surface area (Å²) in [6, 6.07) is 11.5. The average Bonchev–Trinajstić information content (AvgIpc) is 2.94. The molecule has 7 heteroatoms. The molecule has 0 fully saturated rings. The van der Waals surface area contributed by atoms with Crippen molar-refractivity contribution in [3.63, 3.8) is 0 Å². The number of halogens is 2. The van der Waals surface area contributed by atoms with Gasteiger partial charge in [-0.15, -0.1) is 0 Å². The van der Waals surface area contributed by atoms with Gasteiger partial charge in [-0.25, -0.2) is 13.6 Å².